The van der Waals surface area contributed by atoms with Gasteiger partial charge < -0.3 is 5.11 Å². The van der Waals surface area contributed by atoms with Crippen LogP contribution >= 0.6 is 0 Å². The summed E-state index contributed by atoms with van der Waals surface area (Å²) in [6.07, 6.45) is 12.1. The molecule has 0 spiro atoms. The summed E-state index contributed by atoms with van der Waals surface area (Å²) < 4.78 is 0. The Morgan fingerprint density at radius 1 is 1.06 bits per heavy atom. The van der Waals surface area contributed by atoms with Crippen LogP contribution < -0.4 is 0 Å². The van der Waals surface area contributed by atoms with Crippen LogP contribution in [0.25, 0.3) is 0 Å². The topological polar surface area (TPSA) is 71.4 Å². The first kappa shape index (κ1) is 28.0. The van der Waals surface area contributed by atoms with E-state index < -0.39 is 28.4 Å². The SMILES string of the molecule is CC(C)=CCC/C(C)=C/CC[C@]1(C)[C@@H](CC=C(C)C)C[C@H]2C(=O)C=C(O)[C@]1(C(=O)C(C)C)C2=O. The molecule has 2 aliphatic carbocycles. The van der Waals surface area contributed by atoms with Crippen LogP contribution in [0.3, 0.4) is 0 Å². The van der Waals surface area contributed by atoms with E-state index >= 15 is 0 Å². The van der Waals surface area contributed by atoms with Gasteiger partial charge in [-0.2, -0.15) is 0 Å². The van der Waals surface area contributed by atoms with E-state index in [1.165, 1.54) is 17.2 Å². The van der Waals surface area contributed by atoms with Crippen molar-refractivity contribution < 1.29 is 19.5 Å². The van der Waals surface area contributed by atoms with Crippen molar-refractivity contribution in [1.82, 2.24) is 0 Å². The molecule has 1 saturated carbocycles. The van der Waals surface area contributed by atoms with E-state index in [-0.39, 0.29) is 23.2 Å². The van der Waals surface area contributed by atoms with Gasteiger partial charge >= 0.3 is 0 Å². The molecule has 1 fully saturated rings. The molecular weight excluding hydrogens is 424 g/mol. The Labute approximate surface area is 206 Å². The maximum atomic E-state index is 13.8. The quantitative estimate of drug-likeness (QED) is 0.270. The molecule has 2 aliphatic rings. The van der Waals surface area contributed by atoms with E-state index in [1.807, 2.05) is 20.8 Å². The maximum Gasteiger partial charge on any atom is 0.169 e. The lowest BCUT2D eigenvalue weighted by Crippen LogP contribution is -2.65. The molecule has 4 atom stereocenters. The van der Waals surface area contributed by atoms with Crippen molar-refractivity contribution in [3.05, 3.63) is 46.8 Å². The van der Waals surface area contributed by atoms with Gasteiger partial charge in [0.15, 0.2) is 22.8 Å². The lowest BCUT2D eigenvalue weighted by Gasteiger charge is -2.57. The molecule has 2 bridgehead atoms. The Bertz CT molecular complexity index is 937. The van der Waals surface area contributed by atoms with E-state index in [2.05, 4.69) is 39.0 Å². The van der Waals surface area contributed by atoms with Gasteiger partial charge in [0.1, 0.15) is 5.76 Å². The zero-order valence-electron chi connectivity index (χ0n) is 22.5. The number of aliphatic hydroxyl groups excluding tert-OH is 1. The maximum absolute atomic E-state index is 13.8. The zero-order valence-corrected chi connectivity index (χ0v) is 22.5. The van der Waals surface area contributed by atoms with Crippen molar-refractivity contribution in [3.63, 3.8) is 0 Å². The van der Waals surface area contributed by atoms with Gasteiger partial charge in [0, 0.05) is 12.0 Å². The van der Waals surface area contributed by atoms with Crippen molar-refractivity contribution >= 4 is 17.3 Å². The summed E-state index contributed by atoms with van der Waals surface area (Å²) >= 11 is 0. The molecule has 0 amide bonds. The fraction of sp³-hybridized carbons (Fsp3) is 0.633. The molecular formula is C30H44O4. The average Bonchev–Trinajstić information content (AvgIpc) is 2.71. The molecule has 0 aromatic rings. The third-order valence-electron chi connectivity index (χ3n) is 7.92. The highest BCUT2D eigenvalue weighted by molar-refractivity contribution is 6.23. The third-order valence-corrected chi connectivity index (χ3v) is 7.92. The lowest BCUT2D eigenvalue weighted by atomic mass is 9.43. The van der Waals surface area contributed by atoms with Gasteiger partial charge in [-0.15, -0.1) is 0 Å². The number of carbonyl (C=O) groups is 3. The molecule has 4 nitrogen and oxygen atoms in total. The van der Waals surface area contributed by atoms with Crippen LogP contribution in [0.4, 0.5) is 0 Å². The first-order chi connectivity index (χ1) is 15.8. The molecule has 188 valence electrons. The van der Waals surface area contributed by atoms with E-state index in [9.17, 15) is 19.5 Å². The fourth-order valence-electron chi connectivity index (χ4n) is 5.91. The number of rotatable bonds is 10. The van der Waals surface area contributed by atoms with Crippen molar-refractivity contribution in [2.45, 2.75) is 93.9 Å². The highest BCUT2D eigenvalue weighted by atomic mass is 16.3. The first-order valence-corrected chi connectivity index (χ1v) is 12.7. The highest BCUT2D eigenvalue weighted by Gasteiger charge is 2.69. The molecule has 34 heavy (non-hydrogen) atoms. The second-order valence-corrected chi connectivity index (χ2v) is 11.4. The van der Waals surface area contributed by atoms with E-state index in [4.69, 9.17) is 0 Å². The van der Waals surface area contributed by atoms with Crippen molar-refractivity contribution in [2.75, 3.05) is 0 Å². The molecule has 0 unspecified atom stereocenters. The summed E-state index contributed by atoms with van der Waals surface area (Å²) in [5.74, 6) is -2.71. The predicted octanol–water partition coefficient (Wildman–Crippen LogP) is 7.26. The summed E-state index contributed by atoms with van der Waals surface area (Å²) in [7, 11) is 0. The third kappa shape index (κ3) is 5.21. The van der Waals surface area contributed by atoms with Crippen molar-refractivity contribution in [2.24, 2.45) is 28.6 Å². The largest absolute Gasteiger partial charge is 0.511 e. The van der Waals surface area contributed by atoms with Crippen molar-refractivity contribution in [3.8, 4) is 0 Å². The lowest BCUT2D eigenvalue weighted by molar-refractivity contribution is -0.169. The standard InChI is InChI=1S/C30H44O4/c1-19(2)11-9-12-22(7)13-10-16-29(8)23(15-14-20(3)4)17-24-25(31)18-26(32)30(29,28(24)34)27(33)21(5)6/h11,13-14,18,21,23-24,32H,9-10,12,15-17H2,1-8H3/b22-13+/t23-,24-,29+,30-/m0/s1. The molecule has 0 aromatic carbocycles. The van der Waals surface area contributed by atoms with Gasteiger partial charge in [-0.05, 0) is 84.5 Å². The number of carbonyl (C=O) groups excluding carboxylic acids is 3. The Hall–Kier alpha value is -2.23. The predicted molar refractivity (Wildman–Crippen MR) is 138 cm³/mol. The summed E-state index contributed by atoms with van der Waals surface area (Å²) in [5, 5.41) is 11.2. The monoisotopic (exact) mass is 468 g/mol. The number of hydrogen-bond acceptors (Lipinski definition) is 4. The molecule has 0 aromatic heterocycles. The van der Waals surface area contributed by atoms with Crippen LogP contribution in [0.15, 0.2) is 46.8 Å². The number of fused-ring (bicyclic) bond motifs is 2. The summed E-state index contributed by atoms with van der Waals surface area (Å²) in [5.41, 5.74) is 1.31. The number of ketones is 3. The summed E-state index contributed by atoms with van der Waals surface area (Å²) in [6.45, 7) is 15.9. The van der Waals surface area contributed by atoms with Gasteiger partial charge in [0.2, 0.25) is 0 Å². The smallest absolute Gasteiger partial charge is 0.169 e. The summed E-state index contributed by atoms with van der Waals surface area (Å²) in [6, 6.07) is 0. The first-order valence-electron chi connectivity index (χ1n) is 12.7. The van der Waals surface area contributed by atoms with Crippen LogP contribution in [-0.2, 0) is 14.4 Å². The number of aliphatic hydroxyl groups is 1. The van der Waals surface area contributed by atoms with Gasteiger partial charge in [0.05, 0.1) is 5.92 Å². The Balaban J connectivity index is 2.55. The number of hydrogen-bond donors (Lipinski definition) is 1. The number of Topliss-reactive ketones (excluding diaryl/α,β-unsaturated/α-hetero) is 2. The molecule has 1 N–H and O–H groups in total. The van der Waals surface area contributed by atoms with Gasteiger partial charge in [0.25, 0.3) is 0 Å². The fourth-order valence-corrected chi connectivity index (χ4v) is 5.91. The molecule has 0 heterocycles. The Morgan fingerprint density at radius 3 is 2.24 bits per heavy atom. The van der Waals surface area contributed by atoms with Crippen LogP contribution in [0, 0.1) is 28.6 Å². The minimum Gasteiger partial charge on any atom is -0.511 e. The number of allylic oxidation sites excluding steroid dienone is 8. The summed E-state index contributed by atoms with van der Waals surface area (Å²) in [4.78, 5) is 40.3. The van der Waals surface area contributed by atoms with Crippen LogP contribution in [-0.4, -0.2) is 22.5 Å². The second kappa shape index (κ2) is 11.0. The van der Waals surface area contributed by atoms with Gasteiger partial charge in [-0.25, -0.2) is 0 Å². The minimum absolute atomic E-state index is 0.0630. The van der Waals surface area contributed by atoms with E-state index in [0.29, 0.717) is 19.3 Å². The average molecular weight is 469 g/mol. The Kier molecular flexibility index (Phi) is 9.07. The minimum atomic E-state index is -1.65. The van der Waals surface area contributed by atoms with Gasteiger partial charge in [-0.3, -0.25) is 14.4 Å². The molecule has 0 radical (unpaired) electrons. The second-order valence-electron chi connectivity index (χ2n) is 11.4. The Morgan fingerprint density at radius 2 is 1.68 bits per heavy atom. The normalized spacial score (nSPS) is 29.1. The molecule has 4 heteroatoms. The van der Waals surface area contributed by atoms with Gasteiger partial charge in [-0.1, -0.05) is 55.7 Å². The van der Waals surface area contributed by atoms with Crippen LogP contribution in [0.5, 0.6) is 0 Å². The molecule has 0 saturated heterocycles. The van der Waals surface area contributed by atoms with E-state index in [0.717, 1.165) is 24.8 Å². The van der Waals surface area contributed by atoms with Crippen molar-refractivity contribution in [1.29, 1.82) is 0 Å². The molecule has 2 rings (SSSR count). The van der Waals surface area contributed by atoms with Crippen LogP contribution in [0.2, 0.25) is 0 Å². The highest BCUT2D eigenvalue weighted by Crippen LogP contribution is 2.62. The van der Waals surface area contributed by atoms with E-state index in [1.54, 1.807) is 13.8 Å². The zero-order chi connectivity index (χ0) is 25.8. The molecule has 0 aliphatic heterocycles. The van der Waals surface area contributed by atoms with Crippen LogP contribution in [0.1, 0.15) is 93.9 Å².